The van der Waals surface area contributed by atoms with E-state index in [9.17, 15) is 9.59 Å². The van der Waals surface area contributed by atoms with Gasteiger partial charge in [0.25, 0.3) is 0 Å². The molecule has 0 aromatic rings. The van der Waals surface area contributed by atoms with Gasteiger partial charge in [0.05, 0.1) is 7.11 Å². The highest BCUT2D eigenvalue weighted by Crippen LogP contribution is 2.34. The summed E-state index contributed by atoms with van der Waals surface area (Å²) in [6.07, 6.45) is -0.691. The Morgan fingerprint density at radius 2 is 2.07 bits per heavy atom. The fourth-order valence-electron chi connectivity index (χ4n) is 1.58. The molecular weight excluding hydrogens is 188 g/mol. The normalized spacial score (nSPS) is 23.9. The van der Waals surface area contributed by atoms with Crippen LogP contribution in [0.3, 0.4) is 0 Å². The third-order valence-electron chi connectivity index (χ3n) is 2.59. The van der Waals surface area contributed by atoms with Gasteiger partial charge in [-0.1, -0.05) is 13.8 Å². The zero-order valence-corrected chi connectivity index (χ0v) is 8.53. The Morgan fingerprint density at radius 3 is 2.50 bits per heavy atom. The molecule has 0 saturated carbocycles. The molecule has 0 amide bonds. The van der Waals surface area contributed by atoms with Crippen molar-refractivity contribution in [3.63, 3.8) is 0 Å². The molecule has 1 unspecified atom stereocenters. The quantitative estimate of drug-likeness (QED) is 0.644. The molecule has 1 aliphatic heterocycles. The molecule has 0 radical (unpaired) electrons. The highest BCUT2D eigenvalue weighted by Gasteiger charge is 2.53. The number of esters is 1. The first-order chi connectivity index (χ1) is 6.59. The van der Waals surface area contributed by atoms with Crippen molar-refractivity contribution in [3.05, 3.63) is 0 Å². The van der Waals surface area contributed by atoms with E-state index in [1.807, 2.05) is 13.8 Å². The van der Waals surface area contributed by atoms with Gasteiger partial charge in [0.1, 0.15) is 0 Å². The smallest absolute Gasteiger partial charge is 0.466 e. The van der Waals surface area contributed by atoms with Crippen LogP contribution in [-0.4, -0.2) is 30.9 Å². The van der Waals surface area contributed by atoms with Gasteiger partial charge < -0.3 is 14.2 Å². The Morgan fingerprint density at radius 1 is 1.50 bits per heavy atom. The molecule has 1 rings (SSSR count). The molecule has 1 saturated heterocycles. The lowest BCUT2D eigenvalue weighted by Gasteiger charge is -2.26. The maximum atomic E-state index is 11.3. The van der Waals surface area contributed by atoms with Crippen LogP contribution in [0, 0.1) is 0 Å². The maximum absolute atomic E-state index is 11.3. The molecule has 0 bridgehead atoms. The summed E-state index contributed by atoms with van der Waals surface area (Å²) in [6.45, 7) is 3.67. The van der Waals surface area contributed by atoms with Crippen LogP contribution < -0.4 is 0 Å². The molecule has 5 heteroatoms. The van der Waals surface area contributed by atoms with Gasteiger partial charge in [-0.15, -0.1) is 0 Å². The number of carbonyl (C=O) groups is 2. The Kier molecular flexibility index (Phi) is 2.98. The Balaban J connectivity index is 2.91. The van der Waals surface area contributed by atoms with Crippen molar-refractivity contribution in [1.29, 1.82) is 0 Å². The van der Waals surface area contributed by atoms with Crippen LogP contribution in [0.1, 0.15) is 26.7 Å². The molecule has 5 nitrogen and oxygen atoms in total. The van der Waals surface area contributed by atoms with Crippen LogP contribution in [0.4, 0.5) is 4.79 Å². The molecule has 0 aliphatic carbocycles. The molecule has 14 heavy (non-hydrogen) atoms. The lowest BCUT2D eigenvalue weighted by Crippen LogP contribution is -2.44. The van der Waals surface area contributed by atoms with E-state index in [2.05, 4.69) is 4.74 Å². The summed E-state index contributed by atoms with van der Waals surface area (Å²) in [7, 11) is 1.25. The molecule has 0 N–H and O–H groups in total. The number of hydrogen-bond donors (Lipinski definition) is 0. The zero-order valence-electron chi connectivity index (χ0n) is 8.53. The zero-order chi connectivity index (χ0) is 10.8. The van der Waals surface area contributed by atoms with Crippen molar-refractivity contribution >= 4 is 12.1 Å². The van der Waals surface area contributed by atoms with Gasteiger partial charge in [0.15, 0.2) is 5.60 Å². The van der Waals surface area contributed by atoms with Crippen molar-refractivity contribution < 1.29 is 23.8 Å². The van der Waals surface area contributed by atoms with Gasteiger partial charge in [0, 0.05) is 0 Å². The second-order valence-corrected chi connectivity index (χ2v) is 3.14. The van der Waals surface area contributed by atoms with Crippen LogP contribution >= 0.6 is 0 Å². The number of cyclic esters (lactones) is 2. The predicted molar refractivity (Wildman–Crippen MR) is 46.7 cm³/mol. The van der Waals surface area contributed by atoms with E-state index in [-0.39, 0.29) is 0 Å². The summed E-state index contributed by atoms with van der Waals surface area (Å²) >= 11 is 0. The lowest BCUT2D eigenvalue weighted by molar-refractivity contribution is -0.154. The first-order valence-corrected chi connectivity index (χ1v) is 4.57. The first-order valence-electron chi connectivity index (χ1n) is 4.57. The molecule has 80 valence electrons. The summed E-state index contributed by atoms with van der Waals surface area (Å²) in [4.78, 5) is 22.3. The summed E-state index contributed by atoms with van der Waals surface area (Å²) in [6, 6.07) is 0. The molecule has 0 aromatic carbocycles. The van der Waals surface area contributed by atoms with Crippen molar-refractivity contribution in [2.45, 2.75) is 38.4 Å². The van der Waals surface area contributed by atoms with Gasteiger partial charge in [-0.05, 0) is 12.8 Å². The Labute approximate surface area is 82.3 Å². The molecule has 1 fully saturated rings. The topological polar surface area (TPSA) is 61.8 Å². The van der Waals surface area contributed by atoms with Gasteiger partial charge in [-0.2, -0.15) is 0 Å². The molecule has 0 aromatic heterocycles. The SMILES string of the molecule is CCC1(CC)OC(=O)OC1C(=O)OC. The van der Waals surface area contributed by atoms with Crippen LogP contribution in [0.25, 0.3) is 0 Å². The number of carbonyl (C=O) groups excluding carboxylic acids is 2. The van der Waals surface area contributed by atoms with Gasteiger partial charge >= 0.3 is 12.1 Å². The van der Waals surface area contributed by atoms with Gasteiger partial charge in [-0.25, -0.2) is 9.59 Å². The Hall–Kier alpha value is -1.26. The first kappa shape index (κ1) is 10.8. The molecular formula is C9H14O5. The van der Waals surface area contributed by atoms with Crippen LogP contribution in [-0.2, 0) is 19.0 Å². The average molecular weight is 202 g/mol. The van der Waals surface area contributed by atoms with Gasteiger partial charge in [0.2, 0.25) is 6.10 Å². The minimum atomic E-state index is -0.935. The number of rotatable bonds is 3. The summed E-state index contributed by atoms with van der Waals surface area (Å²) in [5.41, 5.74) is -0.857. The minimum Gasteiger partial charge on any atom is -0.466 e. The van der Waals surface area contributed by atoms with E-state index in [0.717, 1.165) is 0 Å². The monoisotopic (exact) mass is 202 g/mol. The molecule has 1 heterocycles. The second kappa shape index (κ2) is 3.86. The van der Waals surface area contributed by atoms with E-state index in [1.165, 1.54) is 7.11 Å². The third kappa shape index (κ3) is 1.54. The number of ether oxygens (including phenoxy) is 3. The van der Waals surface area contributed by atoms with E-state index >= 15 is 0 Å². The number of methoxy groups -OCH3 is 1. The molecule has 1 aliphatic rings. The van der Waals surface area contributed by atoms with E-state index < -0.39 is 23.8 Å². The number of hydrogen-bond acceptors (Lipinski definition) is 5. The predicted octanol–water partition coefficient (Wildman–Crippen LogP) is 1.25. The van der Waals surface area contributed by atoms with Crippen molar-refractivity contribution in [1.82, 2.24) is 0 Å². The fraction of sp³-hybridized carbons (Fsp3) is 0.778. The molecule has 0 spiro atoms. The highest BCUT2D eigenvalue weighted by atomic mass is 16.8. The fourth-order valence-corrected chi connectivity index (χ4v) is 1.58. The largest absolute Gasteiger partial charge is 0.509 e. The average Bonchev–Trinajstić information content (AvgIpc) is 2.55. The standard InChI is InChI=1S/C9H14O5/c1-4-9(5-2)6(7(10)12-3)13-8(11)14-9/h6H,4-5H2,1-3H3. The third-order valence-corrected chi connectivity index (χ3v) is 2.59. The van der Waals surface area contributed by atoms with Crippen molar-refractivity contribution in [3.8, 4) is 0 Å². The van der Waals surface area contributed by atoms with E-state index in [0.29, 0.717) is 12.8 Å². The van der Waals surface area contributed by atoms with Crippen molar-refractivity contribution in [2.24, 2.45) is 0 Å². The Bertz CT molecular complexity index is 244. The highest BCUT2D eigenvalue weighted by molar-refractivity contribution is 5.81. The van der Waals surface area contributed by atoms with Gasteiger partial charge in [-0.3, -0.25) is 0 Å². The van der Waals surface area contributed by atoms with Crippen LogP contribution in [0.2, 0.25) is 0 Å². The van der Waals surface area contributed by atoms with Crippen LogP contribution in [0.15, 0.2) is 0 Å². The van der Waals surface area contributed by atoms with Crippen LogP contribution in [0.5, 0.6) is 0 Å². The summed E-state index contributed by atoms with van der Waals surface area (Å²) < 4.78 is 14.3. The summed E-state index contributed by atoms with van der Waals surface area (Å²) in [5.74, 6) is -0.570. The minimum absolute atomic E-state index is 0.523. The molecule has 1 atom stereocenters. The lowest BCUT2D eigenvalue weighted by atomic mass is 9.91. The van der Waals surface area contributed by atoms with Crippen molar-refractivity contribution in [2.75, 3.05) is 7.11 Å². The van der Waals surface area contributed by atoms with E-state index in [4.69, 9.17) is 9.47 Å². The summed E-state index contributed by atoms with van der Waals surface area (Å²) in [5, 5.41) is 0. The maximum Gasteiger partial charge on any atom is 0.509 e. The second-order valence-electron chi connectivity index (χ2n) is 3.14. The van der Waals surface area contributed by atoms with E-state index in [1.54, 1.807) is 0 Å².